The first-order chi connectivity index (χ1) is 5.71. The van der Waals surface area contributed by atoms with Crippen molar-refractivity contribution in [3.63, 3.8) is 0 Å². The standard InChI is InChI=1S/C10H11FO/c1-10(6-12-7-10)8-2-4-9(11)5-3-8/h2-5H,6-7H2,1H3. The van der Waals surface area contributed by atoms with Gasteiger partial charge in [-0.1, -0.05) is 19.1 Å². The van der Waals surface area contributed by atoms with E-state index >= 15 is 0 Å². The first-order valence-electron chi connectivity index (χ1n) is 4.04. The van der Waals surface area contributed by atoms with Crippen LogP contribution in [0.5, 0.6) is 0 Å². The maximum absolute atomic E-state index is 12.6. The number of halogens is 1. The van der Waals surface area contributed by atoms with Gasteiger partial charge < -0.3 is 4.74 Å². The van der Waals surface area contributed by atoms with Crippen molar-refractivity contribution in [2.75, 3.05) is 13.2 Å². The minimum atomic E-state index is -0.178. The van der Waals surface area contributed by atoms with Gasteiger partial charge in [0.1, 0.15) is 5.82 Å². The van der Waals surface area contributed by atoms with E-state index in [1.165, 1.54) is 12.1 Å². The lowest BCUT2D eigenvalue weighted by Gasteiger charge is -2.38. The molecule has 0 amide bonds. The van der Waals surface area contributed by atoms with E-state index in [1.807, 2.05) is 12.1 Å². The zero-order valence-electron chi connectivity index (χ0n) is 7.01. The molecule has 1 aliphatic rings. The van der Waals surface area contributed by atoms with Crippen LogP contribution in [0.2, 0.25) is 0 Å². The molecule has 0 atom stereocenters. The Balaban J connectivity index is 2.28. The summed E-state index contributed by atoms with van der Waals surface area (Å²) in [5, 5.41) is 0. The van der Waals surface area contributed by atoms with Gasteiger partial charge in [0.05, 0.1) is 13.2 Å². The molecule has 1 aliphatic heterocycles. The van der Waals surface area contributed by atoms with Crippen LogP contribution in [-0.4, -0.2) is 13.2 Å². The molecule has 0 radical (unpaired) electrons. The predicted molar refractivity (Wildman–Crippen MR) is 44.6 cm³/mol. The summed E-state index contributed by atoms with van der Waals surface area (Å²) in [4.78, 5) is 0. The number of hydrogen-bond acceptors (Lipinski definition) is 1. The van der Waals surface area contributed by atoms with E-state index in [1.54, 1.807) is 0 Å². The molecule has 1 nitrogen and oxygen atoms in total. The largest absolute Gasteiger partial charge is 0.379 e. The van der Waals surface area contributed by atoms with Gasteiger partial charge in [0.15, 0.2) is 0 Å². The Morgan fingerprint density at radius 3 is 2.25 bits per heavy atom. The van der Waals surface area contributed by atoms with Crippen molar-refractivity contribution >= 4 is 0 Å². The molecule has 0 spiro atoms. The molecular formula is C10H11FO. The van der Waals surface area contributed by atoms with Gasteiger partial charge in [0, 0.05) is 5.41 Å². The molecule has 0 bridgehead atoms. The van der Waals surface area contributed by atoms with Crippen LogP contribution in [0.25, 0.3) is 0 Å². The summed E-state index contributed by atoms with van der Waals surface area (Å²) in [6.07, 6.45) is 0. The lowest BCUT2D eigenvalue weighted by atomic mass is 9.81. The normalized spacial score (nSPS) is 20.2. The van der Waals surface area contributed by atoms with E-state index < -0.39 is 0 Å². The summed E-state index contributed by atoms with van der Waals surface area (Å²) in [6.45, 7) is 3.63. The highest BCUT2D eigenvalue weighted by Gasteiger charge is 2.34. The molecule has 1 fully saturated rings. The Morgan fingerprint density at radius 1 is 1.25 bits per heavy atom. The fourth-order valence-corrected chi connectivity index (χ4v) is 1.43. The lowest BCUT2D eigenvalue weighted by molar-refractivity contribution is -0.0500. The van der Waals surface area contributed by atoms with Crippen LogP contribution >= 0.6 is 0 Å². The smallest absolute Gasteiger partial charge is 0.123 e. The second-order valence-corrected chi connectivity index (χ2v) is 3.56. The van der Waals surface area contributed by atoms with Crippen molar-refractivity contribution in [3.8, 4) is 0 Å². The van der Waals surface area contributed by atoms with Crippen LogP contribution in [0.15, 0.2) is 24.3 Å². The van der Waals surface area contributed by atoms with Gasteiger partial charge in [0.25, 0.3) is 0 Å². The zero-order valence-corrected chi connectivity index (χ0v) is 7.01. The van der Waals surface area contributed by atoms with Crippen LogP contribution < -0.4 is 0 Å². The Kier molecular flexibility index (Phi) is 1.65. The summed E-state index contributed by atoms with van der Waals surface area (Å²) in [5.41, 5.74) is 1.28. The van der Waals surface area contributed by atoms with Crippen LogP contribution in [0.1, 0.15) is 12.5 Å². The average Bonchev–Trinajstić information content (AvgIpc) is 2.02. The quantitative estimate of drug-likeness (QED) is 0.621. The second kappa shape index (κ2) is 2.56. The molecular weight excluding hydrogens is 155 g/mol. The molecule has 64 valence electrons. The first kappa shape index (κ1) is 7.74. The number of benzene rings is 1. The van der Waals surface area contributed by atoms with Gasteiger partial charge in [-0.3, -0.25) is 0 Å². The van der Waals surface area contributed by atoms with E-state index in [2.05, 4.69) is 6.92 Å². The van der Waals surface area contributed by atoms with E-state index in [-0.39, 0.29) is 11.2 Å². The van der Waals surface area contributed by atoms with Crippen molar-refractivity contribution in [2.45, 2.75) is 12.3 Å². The monoisotopic (exact) mass is 166 g/mol. The van der Waals surface area contributed by atoms with Crippen LogP contribution in [-0.2, 0) is 10.2 Å². The van der Waals surface area contributed by atoms with Gasteiger partial charge in [-0.15, -0.1) is 0 Å². The summed E-state index contributed by atoms with van der Waals surface area (Å²) in [7, 11) is 0. The lowest BCUT2D eigenvalue weighted by Crippen LogP contribution is -2.43. The number of rotatable bonds is 1. The van der Waals surface area contributed by atoms with E-state index in [9.17, 15) is 4.39 Å². The SMILES string of the molecule is CC1(c2ccc(F)cc2)COC1. The topological polar surface area (TPSA) is 9.23 Å². The van der Waals surface area contributed by atoms with Crippen LogP contribution in [0, 0.1) is 5.82 Å². The Morgan fingerprint density at radius 2 is 1.83 bits per heavy atom. The molecule has 1 heterocycles. The molecule has 0 N–H and O–H groups in total. The maximum Gasteiger partial charge on any atom is 0.123 e. The first-order valence-corrected chi connectivity index (χ1v) is 4.04. The van der Waals surface area contributed by atoms with E-state index in [0.29, 0.717) is 0 Å². The fourth-order valence-electron chi connectivity index (χ4n) is 1.43. The van der Waals surface area contributed by atoms with Gasteiger partial charge in [0.2, 0.25) is 0 Å². The van der Waals surface area contributed by atoms with Crippen LogP contribution in [0.3, 0.4) is 0 Å². The minimum Gasteiger partial charge on any atom is -0.379 e. The molecule has 2 heteroatoms. The van der Waals surface area contributed by atoms with E-state index in [4.69, 9.17) is 4.74 Å². The molecule has 12 heavy (non-hydrogen) atoms. The van der Waals surface area contributed by atoms with Gasteiger partial charge in [-0.25, -0.2) is 4.39 Å². The Bertz CT molecular complexity index is 274. The molecule has 0 aromatic heterocycles. The summed E-state index contributed by atoms with van der Waals surface area (Å²) in [6, 6.07) is 6.66. The highest BCUT2D eigenvalue weighted by Crippen LogP contribution is 2.31. The van der Waals surface area contributed by atoms with Crippen molar-refractivity contribution in [1.82, 2.24) is 0 Å². The zero-order chi connectivity index (χ0) is 8.60. The average molecular weight is 166 g/mol. The van der Waals surface area contributed by atoms with E-state index in [0.717, 1.165) is 18.8 Å². The van der Waals surface area contributed by atoms with Crippen molar-refractivity contribution < 1.29 is 9.13 Å². The molecule has 2 rings (SSSR count). The van der Waals surface area contributed by atoms with Crippen molar-refractivity contribution in [3.05, 3.63) is 35.6 Å². The van der Waals surface area contributed by atoms with Crippen molar-refractivity contribution in [1.29, 1.82) is 0 Å². The fraction of sp³-hybridized carbons (Fsp3) is 0.400. The minimum absolute atomic E-state index is 0.119. The van der Waals surface area contributed by atoms with Crippen LogP contribution in [0.4, 0.5) is 4.39 Å². The summed E-state index contributed by atoms with van der Waals surface area (Å²) in [5.74, 6) is -0.178. The summed E-state index contributed by atoms with van der Waals surface area (Å²) >= 11 is 0. The molecule has 0 aliphatic carbocycles. The van der Waals surface area contributed by atoms with Crippen molar-refractivity contribution in [2.24, 2.45) is 0 Å². The molecule has 1 saturated heterocycles. The van der Waals surface area contributed by atoms with Gasteiger partial charge in [-0.2, -0.15) is 0 Å². The van der Waals surface area contributed by atoms with Gasteiger partial charge in [-0.05, 0) is 17.7 Å². The second-order valence-electron chi connectivity index (χ2n) is 3.56. The molecule has 0 saturated carbocycles. The summed E-state index contributed by atoms with van der Waals surface area (Å²) < 4.78 is 17.7. The third-order valence-electron chi connectivity index (χ3n) is 2.38. The predicted octanol–water partition coefficient (Wildman–Crippen LogP) is 2.11. The highest BCUT2D eigenvalue weighted by molar-refractivity contribution is 5.27. The third-order valence-corrected chi connectivity index (χ3v) is 2.38. The van der Waals surface area contributed by atoms with Gasteiger partial charge >= 0.3 is 0 Å². The number of hydrogen-bond donors (Lipinski definition) is 0. The molecule has 1 aromatic carbocycles. The molecule has 1 aromatic rings. The number of ether oxygens (including phenoxy) is 1. The maximum atomic E-state index is 12.6. The molecule has 0 unspecified atom stereocenters. The highest BCUT2D eigenvalue weighted by atomic mass is 19.1. The Labute approximate surface area is 71.2 Å². The third kappa shape index (κ3) is 1.12. The Hall–Kier alpha value is -0.890.